The molecule has 2 fully saturated rings. The molecule has 5 nitrogen and oxygen atoms in total. The summed E-state index contributed by atoms with van der Waals surface area (Å²) in [4.78, 5) is 24.0. The van der Waals surface area contributed by atoms with Crippen molar-refractivity contribution in [2.75, 3.05) is 7.05 Å². The van der Waals surface area contributed by atoms with Gasteiger partial charge in [-0.25, -0.2) is 9.97 Å². The van der Waals surface area contributed by atoms with Crippen LogP contribution in [0.25, 0.3) is 0 Å². The van der Waals surface area contributed by atoms with Crippen molar-refractivity contribution in [3.05, 3.63) is 24.3 Å². The molecule has 2 aliphatic rings. The molecular weight excluding hydrogens is 276 g/mol. The minimum atomic E-state index is -0.649. The Hall–Kier alpha value is -1.49. The van der Waals surface area contributed by atoms with Crippen molar-refractivity contribution < 1.29 is 4.79 Å². The van der Waals surface area contributed by atoms with E-state index >= 15 is 0 Å². The van der Waals surface area contributed by atoms with E-state index in [9.17, 15) is 4.79 Å². The van der Waals surface area contributed by atoms with Crippen molar-refractivity contribution in [1.82, 2.24) is 20.2 Å². The van der Waals surface area contributed by atoms with Gasteiger partial charge in [-0.1, -0.05) is 6.92 Å². The van der Waals surface area contributed by atoms with Gasteiger partial charge in [0.2, 0.25) is 5.91 Å². The summed E-state index contributed by atoms with van der Waals surface area (Å²) in [7, 11) is 2.22. The molecule has 0 spiro atoms. The van der Waals surface area contributed by atoms with Gasteiger partial charge in [0.15, 0.2) is 0 Å². The van der Waals surface area contributed by atoms with Crippen LogP contribution >= 0.6 is 0 Å². The average molecular weight is 302 g/mol. The molecule has 1 aromatic heterocycles. The highest BCUT2D eigenvalue weighted by molar-refractivity contribution is 5.87. The first-order valence-corrected chi connectivity index (χ1v) is 8.35. The minimum Gasteiger partial charge on any atom is -0.352 e. The highest BCUT2D eigenvalue weighted by Crippen LogP contribution is 2.35. The van der Waals surface area contributed by atoms with Gasteiger partial charge in [-0.15, -0.1) is 0 Å². The number of nitrogens with one attached hydrogen (secondary N) is 1. The van der Waals surface area contributed by atoms with Crippen LogP contribution in [0.5, 0.6) is 0 Å². The van der Waals surface area contributed by atoms with Gasteiger partial charge < -0.3 is 10.2 Å². The highest BCUT2D eigenvalue weighted by atomic mass is 16.2. The third-order valence-corrected chi connectivity index (χ3v) is 5.70. The van der Waals surface area contributed by atoms with Gasteiger partial charge in [0.1, 0.15) is 11.2 Å². The Morgan fingerprint density at radius 1 is 1.32 bits per heavy atom. The zero-order valence-corrected chi connectivity index (χ0v) is 13.7. The van der Waals surface area contributed by atoms with Crippen LogP contribution in [0.3, 0.4) is 0 Å². The molecule has 2 bridgehead atoms. The lowest BCUT2D eigenvalue weighted by atomic mass is 9.84. The van der Waals surface area contributed by atoms with Crippen LogP contribution in [0.15, 0.2) is 18.5 Å². The van der Waals surface area contributed by atoms with Crippen molar-refractivity contribution in [2.24, 2.45) is 0 Å². The Morgan fingerprint density at radius 3 is 2.45 bits per heavy atom. The van der Waals surface area contributed by atoms with Crippen LogP contribution in [0.1, 0.15) is 51.8 Å². The molecular formula is C17H26N4O. The van der Waals surface area contributed by atoms with E-state index in [1.165, 1.54) is 12.8 Å². The minimum absolute atomic E-state index is 0.0650. The van der Waals surface area contributed by atoms with E-state index < -0.39 is 5.41 Å². The normalized spacial score (nSPS) is 30.8. The molecule has 120 valence electrons. The number of carbonyl (C=O) groups excluding carboxylic acids is 1. The second-order valence-corrected chi connectivity index (χ2v) is 6.95. The summed E-state index contributed by atoms with van der Waals surface area (Å²) in [6, 6.07) is 3.33. The summed E-state index contributed by atoms with van der Waals surface area (Å²) in [6.45, 7) is 3.97. The maximum Gasteiger partial charge on any atom is 0.233 e. The number of hydrogen-bond donors (Lipinski definition) is 1. The van der Waals surface area contributed by atoms with Crippen molar-refractivity contribution >= 4 is 5.91 Å². The Balaban J connectivity index is 1.71. The zero-order valence-electron chi connectivity index (χ0n) is 13.7. The number of fused-ring (bicyclic) bond motifs is 2. The molecule has 1 N–H and O–H groups in total. The summed E-state index contributed by atoms with van der Waals surface area (Å²) in [5, 5.41) is 3.28. The van der Waals surface area contributed by atoms with Crippen LogP contribution in [0.2, 0.25) is 0 Å². The molecule has 1 aromatic rings. The number of rotatable bonds is 4. The predicted octanol–water partition coefficient (Wildman–Crippen LogP) is 1.89. The predicted molar refractivity (Wildman–Crippen MR) is 85.4 cm³/mol. The van der Waals surface area contributed by atoms with E-state index in [-0.39, 0.29) is 11.9 Å². The SMILES string of the molecule is CCC(C)(C(=O)NC1CC2CCC(C1)N2C)c1ncccn1. The van der Waals surface area contributed by atoms with Gasteiger partial charge in [0.25, 0.3) is 0 Å². The summed E-state index contributed by atoms with van der Waals surface area (Å²) >= 11 is 0. The molecule has 0 saturated carbocycles. The third kappa shape index (κ3) is 2.62. The zero-order chi connectivity index (χ0) is 15.7. The quantitative estimate of drug-likeness (QED) is 0.922. The van der Waals surface area contributed by atoms with Crippen molar-refractivity contribution in [1.29, 1.82) is 0 Å². The largest absolute Gasteiger partial charge is 0.352 e. The molecule has 1 amide bonds. The Kier molecular flexibility index (Phi) is 4.17. The molecule has 3 rings (SSSR count). The van der Waals surface area contributed by atoms with E-state index in [1.807, 2.05) is 13.8 Å². The second-order valence-electron chi connectivity index (χ2n) is 6.95. The summed E-state index contributed by atoms with van der Waals surface area (Å²) in [5.41, 5.74) is -0.649. The van der Waals surface area contributed by atoms with Crippen molar-refractivity contribution in [2.45, 2.75) is 69.5 Å². The highest BCUT2D eigenvalue weighted by Gasteiger charge is 2.42. The first-order valence-electron chi connectivity index (χ1n) is 8.35. The van der Waals surface area contributed by atoms with Crippen molar-refractivity contribution in [3.8, 4) is 0 Å². The van der Waals surface area contributed by atoms with E-state index in [0.717, 1.165) is 12.8 Å². The van der Waals surface area contributed by atoms with E-state index in [1.54, 1.807) is 18.5 Å². The Labute approximate surface area is 132 Å². The molecule has 2 saturated heterocycles. The molecule has 22 heavy (non-hydrogen) atoms. The monoisotopic (exact) mass is 302 g/mol. The van der Waals surface area contributed by atoms with Crippen LogP contribution < -0.4 is 5.32 Å². The van der Waals surface area contributed by atoms with E-state index in [0.29, 0.717) is 24.3 Å². The average Bonchev–Trinajstić information content (AvgIpc) is 2.76. The molecule has 3 heterocycles. The number of nitrogens with zero attached hydrogens (tertiary/aromatic N) is 3. The van der Waals surface area contributed by atoms with Gasteiger partial charge in [0.05, 0.1) is 0 Å². The number of piperidine rings is 1. The molecule has 0 aliphatic carbocycles. The fourth-order valence-electron chi connectivity index (χ4n) is 3.88. The van der Waals surface area contributed by atoms with Gasteiger partial charge in [-0.2, -0.15) is 0 Å². The lowest BCUT2D eigenvalue weighted by molar-refractivity contribution is -0.127. The van der Waals surface area contributed by atoms with Crippen LogP contribution in [-0.4, -0.2) is 45.9 Å². The molecule has 3 atom stereocenters. The first-order chi connectivity index (χ1) is 10.5. The van der Waals surface area contributed by atoms with Crippen LogP contribution in [0.4, 0.5) is 0 Å². The van der Waals surface area contributed by atoms with Crippen molar-refractivity contribution in [3.63, 3.8) is 0 Å². The lowest BCUT2D eigenvalue weighted by Crippen LogP contribution is -2.53. The van der Waals surface area contributed by atoms with Gasteiger partial charge in [-0.3, -0.25) is 4.79 Å². The maximum absolute atomic E-state index is 12.9. The van der Waals surface area contributed by atoms with E-state index in [2.05, 4.69) is 27.2 Å². The van der Waals surface area contributed by atoms with Gasteiger partial charge >= 0.3 is 0 Å². The molecule has 0 radical (unpaired) electrons. The lowest BCUT2D eigenvalue weighted by Gasteiger charge is -2.38. The summed E-state index contributed by atoms with van der Waals surface area (Å²) in [5.74, 6) is 0.682. The molecule has 5 heteroatoms. The smallest absolute Gasteiger partial charge is 0.233 e. The number of amides is 1. The number of carbonyl (C=O) groups is 1. The second kappa shape index (κ2) is 5.95. The molecule has 2 aliphatic heterocycles. The fourth-order valence-corrected chi connectivity index (χ4v) is 3.88. The van der Waals surface area contributed by atoms with E-state index in [4.69, 9.17) is 0 Å². The topological polar surface area (TPSA) is 58.1 Å². The van der Waals surface area contributed by atoms with Gasteiger partial charge in [-0.05, 0) is 52.1 Å². The first kappa shape index (κ1) is 15.4. The van der Waals surface area contributed by atoms with Gasteiger partial charge in [0, 0.05) is 30.5 Å². The maximum atomic E-state index is 12.9. The summed E-state index contributed by atoms with van der Waals surface area (Å²) in [6.07, 6.45) is 8.77. The molecule has 3 unspecified atom stereocenters. The third-order valence-electron chi connectivity index (χ3n) is 5.70. The van der Waals surface area contributed by atoms with Crippen LogP contribution in [-0.2, 0) is 10.2 Å². The van der Waals surface area contributed by atoms with Crippen LogP contribution in [0, 0.1) is 0 Å². The number of hydrogen-bond acceptors (Lipinski definition) is 4. The fraction of sp³-hybridized carbons (Fsp3) is 0.706. The standard InChI is InChI=1S/C17H26N4O/c1-4-17(2,15-18-8-5-9-19-15)16(22)20-12-10-13-6-7-14(11-12)21(13)3/h5,8-9,12-14H,4,6-7,10-11H2,1-3H3,(H,20,22). The summed E-state index contributed by atoms with van der Waals surface area (Å²) < 4.78 is 0. The molecule has 0 aromatic carbocycles. The Morgan fingerprint density at radius 2 is 1.91 bits per heavy atom. The Bertz CT molecular complexity index is 521. The number of aromatic nitrogens is 2.